The smallest absolute Gasteiger partial charge is 0.134 e. The second-order valence-corrected chi connectivity index (χ2v) is 4.90. The topological polar surface area (TPSA) is 59.1 Å². The number of aryl methyl sites for hydroxylation is 1. The maximum atomic E-state index is 5.14. The third kappa shape index (κ3) is 4.67. The van der Waals surface area contributed by atoms with E-state index in [4.69, 9.17) is 4.74 Å². The molecule has 5 heteroatoms. The van der Waals surface area contributed by atoms with Crippen molar-refractivity contribution in [2.45, 2.75) is 33.6 Å². The molecule has 1 aromatic rings. The number of hydrogen-bond acceptors (Lipinski definition) is 5. The van der Waals surface area contributed by atoms with Crippen LogP contribution in [0.4, 0.5) is 11.6 Å². The number of nitrogens with zero attached hydrogens (tertiary/aromatic N) is 2. The summed E-state index contributed by atoms with van der Waals surface area (Å²) >= 11 is 0. The number of nitrogens with one attached hydrogen (secondary N) is 2. The highest BCUT2D eigenvalue weighted by Gasteiger charge is 2.10. The largest absolute Gasteiger partial charge is 0.384 e. The molecule has 0 aromatic carbocycles. The second-order valence-electron chi connectivity index (χ2n) is 4.90. The summed E-state index contributed by atoms with van der Waals surface area (Å²) in [5.41, 5.74) is 1.06. The molecule has 1 atom stereocenters. The monoisotopic (exact) mass is 266 g/mol. The molecule has 0 saturated carbocycles. The Balaban J connectivity index is 2.82. The molecule has 1 aromatic heterocycles. The molecule has 0 aliphatic carbocycles. The lowest BCUT2D eigenvalue weighted by Gasteiger charge is -2.16. The van der Waals surface area contributed by atoms with E-state index in [1.807, 2.05) is 14.0 Å². The predicted octanol–water partition coefficient (Wildman–Crippen LogP) is 2.47. The maximum absolute atomic E-state index is 5.14. The summed E-state index contributed by atoms with van der Waals surface area (Å²) in [6.45, 7) is 7.91. The van der Waals surface area contributed by atoms with Gasteiger partial charge in [-0.25, -0.2) is 9.97 Å². The van der Waals surface area contributed by atoms with E-state index in [-0.39, 0.29) is 0 Å². The summed E-state index contributed by atoms with van der Waals surface area (Å²) in [4.78, 5) is 9.12. The van der Waals surface area contributed by atoms with Crippen LogP contribution in [0.2, 0.25) is 0 Å². The van der Waals surface area contributed by atoms with Crippen LogP contribution in [-0.2, 0) is 11.2 Å². The summed E-state index contributed by atoms with van der Waals surface area (Å²) in [5, 5.41) is 6.53. The molecule has 0 spiro atoms. The molecule has 1 heterocycles. The number of methoxy groups -OCH3 is 1. The van der Waals surface area contributed by atoms with Crippen molar-refractivity contribution in [2.24, 2.45) is 5.92 Å². The SMILES string of the molecule is CCCc1nc(NC)c(C)c(NCC(C)COC)n1. The molecule has 108 valence electrons. The number of aromatic nitrogens is 2. The van der Waals surface area contributed by atoms with Crippen molar-refractivity contribution in [2.75, 3.05) is 37.9 Å². The average Bonchev–Trinajstić information content (AvgIpc) is 2.39. The van der Waals surface area contributed by atoms with Crippen molar-refractivity contribution in [3.05, 3.63) is 11.4 Å². The molecule has 0 aliphatic heterocycles. The van der Waals surface area contributed by atoms with E-state index in [1.54, 1.807) is 7.11 Å². The fourth-order valence-electron chi connectivity index (χ4n) is 1.93. The van der Waals surface area contributed by atoms with Gasteiger partial charge in [0, 0.05) is 32.7 Å². The van der Waals surface area contributed by atoms with Crippen molar-refractivity contribution in [1.29, 1.82) is 0 Å². The zero-order valence-electron chi connectivity index (χ0n) is 12.7. The second kappa shape index (κ2) is 7.94. The van der Waals surface area contributed by atoms with E-state index in [0.29, 0.717) is 5.92 Å². The molecule has 0 radical (unpaired) electrons. The van der Waals surface area contributed by atoms with Gasteiger partial charge in [-0.1, -0.05) is 13.8 Å². The lowest BCUT2D eigenvalue weighted by molar-refractivity contribution is 0.164. The summed E-state index contributed by atoms with van der Waals surface area (Å²) in [5.74, 6) is 3.16. The molecule has 0 aliphatic rings. The molecule has 2 N–H and O–H groups in total. The third-order valence-electron chi connectivity index (χ3n) is 2.97. The fourth-order valence-corrected chi connectivity index (χ4v) is 1.93. The number of anilines is 2. The van der Waals surface area contributed by atoms with Crippen LogP contribution < -0.4 is 10.6 Å². The van der Waals surface area contributed by atoms with Gasteiger partial charge in [0.15, 0.2) is 0 Å². The Hall–Kier alpha value is -1.36. The number of hydrogen-bond donors (Lipinski definition) is 2. The Kier molecular flexibility index (Phi) is 6.56. The normalized spacial score (nSPS) is 12.3. The minimum absolute atomic E-state index is 0.451. The Morgan fingerprint density at radius 1 is 1.26 bits per heavy atom. The Morgan fingerprint density at radius 2 is 1.95 bits per heavy atom. The molecule has 19 heavy (non-hydrogen) atoms. The van der Waals surface area contributed by atoms with Crippen LogP contribution >= 0.6 is 0 Å². The van der Waals surface area contributed by atoms with Gasteiger partial charge in [0.2, 0.25) is 0 Å². The third-order valence-corrected chi connectivity index (χ3v) is 2.97. The lowest BCUT2D eigenvalue weighted by Crippen LogP contribution is -2.18. The maximum Gasteiger partial charge on any atom is 0.134 e. The zero-order chi connectivity index (χ0) is 14.3. The minimum atomic E-state index is 0.451. The zero-order valence-corrected chi connectivity index (χ0v) is 12.7. The van der Waals surface area contributed by atoms with E-state index < -0.39 is 0 Å². The van der Waals surface area contributed by atoms with Gasteiger partial charge in [0.1, 0.15) is 17.5 Å². The van der Waals surface area contributed by atoms with E-state index in [9.17, 15) is 0 Å². The van der Waals surface area contributed by atoms with Crippen LogP contribution in [0.25, 0.3) is 0 Å². The first-order valence-electron chi connectivity index (χ1n) is 6.90. The summed E-state index contributed by atoms with van der Waals surface area (Å²) in [6.07, 6.45) is 1.95. The van der Waals surface area contributed by atoms with Gasteiger partial charge in [-0.05, 0) is 19.3 Å². The Bertz CT molecular complexity index is 395. The quantitative estimate of drug-likeness (QED) is 0.757. The minimum Gasteiger partial charge on any atom is -0.384 e. The van der Waals surface area contributed by atoms with Crippen molar-refractivity contribution < 1.29 is 4.74 Å². The highest BCUT2D eigenvalue weighted by atomic mass is 16.5. The van der Waals surface area contributed by atoms with Gasteiger partial charge in [0.25, 0.3) is 0 Å². The summed E-state index contributed by atoms with van der Waals surface area (Å²) in [6, 6.07) is 0. The first-order valence-corrected chi connectivity index (χ1v) is 6.90. The van der Waals surface area contributed by atoms with Gasteiger partial charge >= 0.3 is 0 Å². The van der Waals surface area contributed by atoms with Crippen LogP contribution in [0, 0.1) is 12.8 Å². The van der Waals surface area contributed by atoms with Crippen LogP contribution in [-0.4, -0.2) is 37.3 Å². The average molecular weight is 266 g/mol. The number of ether oxygens (including phenoxy) is 1. The first-order chi connectivity index (χ1) is 9.12. The van der Waals surface area contributed by atoms with E-state index in [0.717, 1.165) is 49.0 Å². The van der Waals surface area contributed by atoms with Crippen molar-refractivity contribution in [1.82, 2.24) is 9.97 Å². The number of rotatable bonds is 8. The van der Waals surface area contributed by atoms with E-state index in [1.165, 1.54) is 0 Å². The van der Waals surface area contributed by atoms with Crippen molar-refractivity contribution in [3.63, 3.8) is 0 Å². The van der Waals surface area contributed by atoms with Gasteiger partial charge in [-0.15, -0.1) is 0 Å². The predicted molar refractivity (Wildman–Crippen MR) is 79.8 cm³/mol. The Labute approximate surface area is 116 Å². The standard InChI is InChI=1S/C14H26N4O/c1-6-7-12-17-13(15-4)11(3)14(18-12)16-8-10(2)9-19-5/h10H,6-9H2,1-5H3,(H2,15,16,17,18). The Morgan fingerprint density at radius 3 is 2.53 bits per heavy atom. The van der Waals surface area contributed by atoms with Crippen LogP contribution in [0.3, 0.4) is 0 Å². The summed E-state index contributed by atoms with van der Waals surface area (Å²) in [7, 11) is 3.62. The van der Waals surface area contributed by atoms with Crippen molar-refractivity contribution >= 4 is 11.6 Å². The molecule has 0 bridgehead atoms. The van der Waals surface area contributed by atoms with E-state index >= 15 is 0 Å². The van der Waals surface area contributed by atoms with Crippen molar-refractivity contribution in [3.8, 4) is 0 Å². The first kappa shape index (κ1) is 15.7. The molecule has 1 rings (SSSR count). The molecular weight excluding hydrogens is 240 g/mol. The van der Waals surface area contributed by atoms with Crippen LogP contribution in [0.5, 0.6) is 0 Å². The lowest BCUT2D eigenvalue weighted by atomic mass is 10.2. The van der Waals surface area contributed by atoms with Gasteiger partial charge in [0.05, 0.1) is 6.61 Å². The van der Waals surface area contributed by atoms with Crippen LogP contribution in [0.1, 0.15) is 31.7 Å². The molecule has 1 unspecified atom stereocenters. The van der Waals surface area contributed by atoms with Crippen LogP contribution in [0.15, 0.2) is 0 Å². The molecule has 0 amide bonds. The van der Waals surface area contributed by atoms with Gasteiger partial charge in [-0.3, -0.25) is 0 Å². The highest BCUT2D eigenvalue weighted by molar-refractivity contribution is 5.57. The summed E-state index contributed by atoms with van der Waals surface area (Å²) < 4.78 is 5.14. The molecular formula is C14H26N4O. The molecule has 5 nitrogen and oxygen atoms in total. The van der Waals surface area contributed by atoms with E-state index in [2.05, 4.69) is 34.4 Å². The fraction of sp³-hybridized carbons (Fsp3) is 0.714. The highest BCUT2D eigenvalue weighted by Crippen LogP contribution is 2.20. The molecule has 0 fully saturated rings. The van der Waals surface area contributed by atoms with Gasteiger partial charge < -0.3 is 15.4 Å². The molecule has 0 saturated heterocycles. The van der Waals surface area contributed by atoms with Gasteiger partial charge in [-0.2, -0.15) is 0 Å².